The average Bonchev–Trinajstić information content (AvgIpc) is 3.45. The highest BCUT2D eigenvalue weighted by Crippen LogP contribution is 2.29. The third-order valence-corrected chi connectivity index (χ3v) is 5.66. The number of amides is 3. The van der Waals surface area contributed by atoms with Crippen LogP contribution in [0.2, 0.25) is 0 Å². The Morgan fingerprint density at radius 3 is 2.00 bits per heavy atom. The molecule has 7 nitrogen and oxygen atoms in total. The number of carbonyl (C=O) groups is 3. The summed E-state index contributed by atoms with van der Waals surface area (Å²) in [5, 5.41) is 6.31. The maximum absolute atomic E-state index is 14.0. The van der Waals surface area contributed by atoms with Gasteiger partial charge in [0.1, 0.15) is 0 Å². The minimum absolute atomic E-state index is 0.0587. The van der Waals surface area contributed by atoms with Crippen molar-refractivity contribution in [3.05, 3.63) is 112 Å². The van der Waals surface area contributed by atoms with Crippen LogP contribution in [-0.4, -0.2) is 27.5 Å². The Hall–Kier alpha value is -4.87. The normalized spacial score (nSPS) is 12.7. The van der Waals surface area contributed by atoms with Gasteiger partial charge in [-0.25, -0.2) is 26.9 Å². The van der Waals surface area contributed by atoms with E-state index in [0.29, 0.717) is 0 Å². The predicted octanol–water partition coefficient (Wildman–Crippen LogP) is 4.68. The second-order valence-electron chi connectivity index (χ2n) is 7.94. The number of nitrogens with zero attached hydrogens (tertiary/aromatic N) is 3. The molecule has 0 saturated carbocycles. The van der Waals surface area contributed by atoms with E-state index in [9.17, 15) is 36.3 Å². The van der Waals surface area contributed by atoms with Crippen LogP contribution in [0.3, 0.4) is 0 Å². The first kappa shape index (κ1) is 23.9. The Morgan fingerprint density at radius 2 is 1.38 bits per heavy atom. The lowest BCUT2D eigenvalue weighted by Gasteiger charge is -2.14. The van der Waals surface area contributed by atoms with Gasteiger partial charge in [0.05, 0.1) is 28.9 Å². The first-order valence-electron chi connectivity index (χ1n) is 10.6. The monoisotopic (exact) mass is 512 g/mol. The highest BCUT2D eigenvalue weighted by Gasteiger charge is 2.36. The van der Waals surface area contributed by atoms with E-state index >= 15 is 0 Å². The fourth-order valence-corrected chi connectivity index (χ4v) is 3.87. The van der Waals surface area contributed by atoms with Crippen LogP contribution in [0.4, 0.5) is 33.5 Å². The van der Waals surface area contributed by atoms with Gasteiger partial charge in [0.25, 0.3) is 17.7 Å². The summed E-state index contributed by atoms with van der Waals surface area (Å²) in [6.45, 7) is -0.795. The Balaban J connectivity index is 1.34. The Bertz CT molecular complexity index is 1550. The number of halogens is 5. The van der Waals surface area contributed by atoms with E-state index in [1.165, 1.54) is 48.7 Å². The van der Waals surface area contributed by atoms with Crippen LogP contribution >= 0.6 is 0 Å². The van der Waals surface area contributed by atoms with Crippen LogP contribution in [0.15, 0.2) is 60.8 Å². The first-order chi connectivity index (χ1) is 17.7. The predicted molar refractivity (Wildman–Crippen MR) is 120 cm³/mol. The molecular formula is C25H13F5N4O3. The summed E-state index contributed by atoms with van der Waals surface area (Å²) in [5.74, 6) is -12.2. The minimum Gasteiger partial charge on any atom is -0.305 e. The van der Waals surface area contributed by atoms with E-state index in [2.05, 4.69) is 10.4 Å². The van der Waals surface area contributed by atoms with Crippen LogP contribution in [-0.2, 0) is 6.54 Å². The third-order valence-electron chi connectivity index (χ3n) is 5.66. The van der Waals surface area contributed by atoms with E-state index in [0.717, 1.165) is 9.58 Å². The summed E-state index contributed by atoms with van der Waals surface area (Å²) in [4.78, 5) is 39.1. The minimum atomic E-state index is -2.27. The van der Waals surface area contributed by atoms with Gasteiger partial charge in [-0.15, -0.1) is 0 Å². The van der Waals surface area contributed by atoms with Gasteiger partial charge in [0.2, 0.25) is 5.82 Å². The van der Waals surface area contributed by atoms with Crippen molar-refractivity contribution in [2.45, 2.75) is 6.54 Å². The molecule has 0 unspecified atom stereocenters. The summed E-state index contributed by atoms with van der Waals surface area (Å²) >= 11 is 0. The van der Waals surface area contributed by atoms with Gasteiger partial charge in [0.15, 0.2) is 29.1 Å². The highest BCUT2D eigenvalue weighted by molar-refractivity contribution is 6.34. The van der Waals surface area contributed by atoms with Gasteiger partial charge in [-0.2, -0.15) is 5.10 Å². The molecule has 1 aliphatic heterocycles. The summed E-state index contributed by atoms with van der Waals surface area (Å²) in [5.41, 5.74) is -0.395. The molecule has 2 heterocycles. The van der Waals surface area contributed by atoms with Crippen LogP contribution in [0.5, 0.6) is 0 Å². The molecule has 4 aromatic rings. The standard InChI is InChI=1S/C25H13F5N4O3/c26-18-16(19(27)21(29)22(30)20(18)28)11-33-9-8-17(32-33)31-23(35)12-4-3-5-13(10-12)34-24(36)14-6-1-2-7-15(14)25(34)37/h1-10H,11H2,(H,31,32,35). The molecule has 5 rings (SSSR count). The SMILES string of the molecule is O=C(Nc1ccn(Cc2c(F)c(F)c(F)c(F)c2F)n1)c1cccc(N2C(=O)c3ccccc3C2=O)c1. The fourth-order valence-electron chi connectivity index (χ4n) is 3.87. The van der Waals surface area contributed by atoms with Crippen molar-refractivity contribution < 1.29 is 36.3 Å². The average molecular weight is 512 g/mol. The molecule has 3 amide bonds. The number of rotatable bonds is 5. The smallest absolute Gasteiger partial charge is 0.266 e. The van der Waals surface area contributed by atoms with E-state index in [4.69, 9.17) is 0 Å². The highest BCUT2D eigenvalue weighted by atomic mass is 19.2. The number of imide groups is 1. The maximum atomic E-state index is 14.0. The summed E-state index contributed by atoms with van der Waals surface area (Å²) in [6, 6.07) is 13.2. The topological polar surface area (TPSA) is 84.3 Å². The molecule has 1 aliphatic rings. The number of hydrogen-bond acceptors (Lipinski definition) is 4. The van der Waals surface area contributed by atoms with Crippen molar-refractivity contribution in [2.24, 2.45) is 0 Å². The second-order valence-corrected chi connectivity index (χ2v) is 7.94. The van der Waals surface area contributed by atoms with E-state index in [1.54, 1.807) is 12.1 Å². The molecule has 3 aromatic carbocycles. The zero-order valence-corrected chi connectivity index (χ0v) is 18.4. The molecule has 0 spiro atoms. The number of aromatic nitrogens is 2. The summed E-state index contributed by atoms with van der Waals surface area (Å²) in [7, 11) is 0. The number of hydrogen-bond donors (Lipinski definition) is 1. The molecule has 0 aliphatic carbocycles. The molecule has 37 heavy (non-hydrogen) atoms. The zero-order chi connectivity index (χ0) is 26.4. The van der Waals surface area contributed by atoms with Gasteiger partial charge < -0.3 is 5.32 Å². The molecule has 12 heteroatoms. The van der Waals surface area contributed by atoms with Gasteiger partial charge in [-0.1, -0.05) is 18.2 Å². The Labute approximate surface area is 204 Å². The van der Waals surface area contributed by atoms with Crippen molar-refractivity contribution in [1.82, 2.24) is 9.78 Å². The van der Waals surface area contributed by atoms with Crippen molar-refractivity contribution in [2.75, 3.05) is 10.2 Å². The molecule has 0 radical (unpaired) electrons. The fraction of sp³-hybridized carbons (Fsp3) is 0.0400. The van der Waals surface area contributed by atoms with Gasteiger partial charge in [-0.3, -0.25) is 19.1 Å². The van der Waals surface area contributed by atoms with E-state index in [1.807, 2.05) is 0 Å². The molecule has 0 fully saturated rings. The lowest BCUT2D eigenvalue weighted by molar-refractivity contribution is 0.0924. The van der Waals surface area contributed by atoms with E-state index < -0.39 is 58.9 Å². The number of benzene rings is 3. The molecule has 1 N–H and O–H groups in total. The van der Waals surface area contributed by atoms with Crippen LogP contribution in [0.25, 0.3) is 0 Å². The van der Waals surface area contributed by atoms with Gasteiger partial charge in [0, 0.05) is 17.8 Å². The van der Waals surface area contributed by atoms with Crippen LogP contribution in [0, 0.1) is 29.1 Å². The second kappa shape index (κ2) is 8.97. The molecule has 0 atom stereocenters. The quantitative estimate of drug-likeness (QED) is 0.182. The van der Waals surface area contributed by atoms with Gasteiger partial charge >= 0.3 is 0 Å². The summed E-state index contributed by atoms with van der Waals surface area (Å²) in [6.07, 6.45) is 1.17. The van der Waals surface area contributed by atoms with Gasteiger partial charge in [-0.05, 0) is 30.3 Å². The lowest BCUT2D eigenvalue weighted by atomic mass is 10.1. The largest absolute Gasteiger partial charge is 0.305 e. The van der Waals surface area contributed by atoms with Crippen molar-refractivity contribution >= 4 is 29.2 Å². The number of carbonyl (C=O) groups excluding carboxylic acids is 3. The van der Waals surface area contributed by atoms with E-state index in [-0.39, 0.29) is 28.2 Å². The Morgan fingerprint density at radius 1 is 0.784 bits per heavy atom. The molecule has 0 bridgehead atoms. The molecule has 0 saturated heterocycles. The summed E-state index contributed by atoms with van der Waals surface area (Å²) < 4.78 is 68.9. The first-order valence-corrected chi connectivity index (χ1v) is 10.6. The zero-order valence-electron chi connectivity index (χ0n) is 18.4. The third kappa shape index (κ3) is 4.01. The lowest BCUT2D eigenvalue weighted by Crippen LogP contribution is -2.29. The van der Waals surface area contributed by atoms with Crippen LogP contribution < -0.4 is 10.2 Å². The Kier molecular flexibility index (Phi) is 5.78. The maximum Gasteiger partial charge on any atom is 0.266 e. The van der Waals surface area contributed by atoms with Crippen LogP contribution in [0.1, 0.15) is 36.6 Å². The molecule has 186 valence electrons. The number of anilines is 2. The molecular weight excluding hydrogens is 499 g/mol. The van der Waals surface area contributed by atoms with Crippen molar-refractivity contribution in [3.8, 4) is 0 Å². The number of nitrogens with one attached hydrogen (secondary N) is 1. The van der Waals surface area contributed by atoms with Crippen molar-refractivity contribution in [3.63, 3.8) is 0 Å². The number of fused-ring (bicyclic) bond motifs is 1. The van der Waals surface area contributed by atoms with Crippen molar-refractivity contribution in [1.29, 1.82) is 0 Å². The molecule has 1 aromatic heterocycles.